The SMILES string of the molecule is CCOC1CC(NCc2ccc([Si](C)(C)C)cc2)C1. The molecule has 1 N–H and O–H groups in total. The average molecular weight is 277 g/mol. The van der Waals surface area contributed by atoms with E-state index in [0.717, 1.165) is 13.2 Å². The Morgan fingerprint density at radius 1 is 1.16 bits per heavy atom. The molecule has 1 aliphatic carbocycles. The normalized spacial score (nSPS) is 23.2. The maximum Gasteiger partial charge on any atom is 0.0775 e. The van der Waals surface area contributed by atoms with Crippen LogP contribution in [0.5, 0.6) is 0 Å². The maximum atomic E-state index is 5.58. The second-order valence-electron chi connectivity index (χ2n) is 6.57. The molecule has 2 rings (SSSR count). The van der Waals surface area contributed by atoms with Crippen molar-refractivity contribution in [3.8, 4) is 0 Å². The molecule has 3 heteroatoms. The Balaban J connectivity index is 1.75. The summed E-state index contributed by atoms with van der Waals surface area (Å²) in [5.41, 5.74) is 1.39. The van der Waals surface area contributed by atoms with Crippen molar-refractivity contribution in [2.75, 3.05) is 6.61 Å². The molecule has 1 aromatic rings. The van der Waals surface area contributed by atoms with Crippen molar-refractivity contribution in [2.24, 2.45) is 0 Å². The van der Waals surface area contributed by atoms with Crippen molar-refractivity contribution in [2.45, 2.75) is 58.1 Å². The van der Waals surface area contributed by atoms with Crippen LogP contribution in [0.3, 0.4) is 0 Å². The fourth-order valence-electron chi connectivity index (χ4n) is 2.49. The van der Waals surface area contributed by atoms with Crippen molar-refractivity contribution in [1.29, 1.82) is 0 Å². The highest BCUT2D eigenvalue weighted by Gasteiger charge is 2.28. The second-order valence-corrected chi connectivity index (χ2v) is 11.7. The van der Waals surface area contributed by atoms with Gasteiger partial charge in [0, 0.05) is 19.2 Å². The molecule has 0 unspecified atom stereocenters. The van der Waals surface area contributed by atoms with E-state index in [9.17, 15) is 0 Å². The van der Waals surface area contributed by atoms with E-state index in [1.165, 1.54) is 23.6 Å². The summed E-state index contributed by atoms with van der Waals surface area (Å²) in [4.78, 5) is 0. The van der Waals surface area contributed by atoms with Gasteiger partial charge < -0.3 is 10.1 Å². The van der Waals surface area contributed by atoms with Crippen LogP contribution in [-0.4, -0.2) is 26.8 Å². The summed E-state index contributed by atoms with van der Waals surface area (Å²) in [6.45, 7) is 11.1. The molecule has 1 saturated carbocycles. The first-order chi connectivity index (χ1) is 8.99. The quantitative estimate of drug-likeness (QED) is 0.807. The summed E-state index contributed by atoms with van der Waals surface area (Å²) in [6, 6.07) is 9.83. The van der Waals surface area contributed by atoms with Gasteiger partial charge in [-0.25, -0.2) is 0 Å². The van der Waals surface area contributed by atoms with Crippen LogP contribution in [0, 0.1) is 0 Å². The third-order valence-electron chi connectivity index (χ3n) is 3.91. The van der Waals surface area contributed by atoms with Crippen molar-refractivity contribution in [1.82, 2.24) is 5.32 Å². The predicted octanol–water partition coefficient (Wildman–Crippen LogP) is 2.89. The molecule has 0 amide bonds. The van der Waals surface area contributed by atoms with Crippen molar-refractivity contribution in [3.05, 3.63) is 29.8 Å². The van der Waals surface area contributed by atoms with Crippen LogP contribution < -0.4 is 10.5 Å². The van der Waals surface area contributed by atoms with Crippen molar-refractivity contribution < 1.29 is 4.74 Å². The van der Waals surface area contributed by atoms with Crippen LogP contribution in [0.4, 0.5) is 0 Å². The zero-order chi connectivity index (χ0) is 13.9. The van der Waals surface area contributed by atoms with Crippen LogP contribution in [0.15, 0.2) is 24.3 Å². The highest BCUT2D eigenvalue weighted by Crippen LogP contribution is 2.23. The van der Waals surface area contributed by atoms with E-state index < -0.39 is 8.07 Å². The van der Waals surface area contributed by atoms with Gasteiger partial charge in [-0.2, -0.15) is 0 Å². The highest BCUT2D eigenvalue weighted by atomic mass is 28.3. The number of ether oxygens (including phenoxy) is 1. The molecular weight excluding hydrogens is 250 g/mol. The van der Waals surface area contributed by atoms with Gasteiger partial charge in [-0.1, -0.05) is 49.1 Å². The highest BCUT2D eigenvalue weighted by molar-refractivity contribution is 6.88. The lowest BCUT2D eigenvalue weighted by Crippen LogP contribution is -2.45. The van der Waals surface area contributed by atoms with E-state index in [2.05, 4.69) is 56.1 Å². The lowest BCUT2D eigenvalue weighted by molar-refractivity contribution is -0.0102. The number of rotatable bonds is 6. The lowest BCUT2D eigenvalue weighted by atomic mass is 9.89. The van der Waals surface area contributed by atoms with E-state index in [-0.39, 0.29) is 0 Å². The van der Waals surface area contributed by atoms with Gasteiger partial charge in [0.25, 0.3) is 0 Å². The summed E-state index contributed by atoms with van der Waals surface area (Å²) in [7, 11) is -1.15. The second kappa shape index (κ2) is 6.20. The summed E-state index contributed by atoms with van der Waals surface area (Å²) in [5, 5.41) is 5.15. The van der Waals surface area contributed by atoms with E-state index in [4.69, 9.17) is 4.74 Å². The third kappa shape index (κ3) is 4.16. The molecule has 1 fully saturated rings. The number of hydrogen-bond donors (Lipinski definition) is 1. The molecule has 19 heavy (non-hydrogen) atoms. The predicted molar refractivity (Wildman–Crippen MR) is 84.7 cm³/mol. The van der Waals surface area contributed by atoms with Gasteiger partial charge in [0.2, 0.25) is 0 Å². The Labute approximate surface area is 118 Å². The summed E-state index contributed by atoms with van der Waals surface area (Å²) >= 11 is 0. The maximum absolute atomic E-state index is 5.58. The molecule has 0 spiro atoms. The van der Waals surface area contributed by atoms with Gasteiger partial charge in [0.1, 0.15) is 0 Å². The zero-order valence-corrected chi connectivity index (χ0v) is 13.7. The van der Waals surface area contributed by atoms with Crippen LogP contribution in [0.2, 0.25) is 19.6 Å². The fraction of sp³-hybridized carbons (Fsp3) is 0.625. The fourth-order valence-corrected chi connectivity index (χ4v) is 3.66. The minimum Gasteiger partial charge on any atom is -0.378 e. The largest absolute Gasteiger partial charge is 0.378 e. The van der Waals surface area contributed by atoms with Crippen LogP contribution in [0.1, 0.15) is 25.3 Å². The Morgan fingerprint density at radius 3 is 2.32 bits per heavy atom. The standard InChI is InChI=1S/C16H27NOSi/c1-5-18-15-10-14(11-15)17-12-13-6-8-16(9-7-13)19(2,3)4/h6-9,14-15,17H,5,10-12H2,1-4H3. The lowest BCUT2D eigenvalue weighted by Gasteiger charge is -2.35. The van der Waals surface area contributed by atoms with Gasteiger partial charge in [0.15, 0.2) is 0 Å². The molecule has 1 aromatic carbocycles. The summed E-state index contributed by atoms with van der Waals surface area (Å²) in [5.74, 6) is 0. The first-order valence-electron chi connectivity index (χ1n) is 7.43. The van der Waals surface area contributed by atoms with Crippen LogP contribution >= 0.6 is 0 Å². The molecule has 0 bridgehead atoms. The van der Waals surface area contributed by atoms with Gasteiger partial charge in [0.05, 0.1) is 14.2 Å². The topological polar surface area (TPSA) is 21.3 Å². The van der Waals surface area contributed by atoms with Gasteiger partial charge in [-0.15, -0.1) is 0 Å². The first kappa shape index (κ1) is 14.8. The minimum absolute atomic E-state index is 0.497. The van der Waals surface area contributed by atoms with Crippen molar-refractivity contribution in [3.63, 3.8) is 0 Å². The van der Waals surface area contributed by atoms with E-state index in [1.54, 1.807) is 0 Å². The smallest absolute Gasteiger partial charge is 0.0775 e. The number of hydrogen-bond acceptors (Lipinski definition) is 2. The molecule has 0 aromatic heterocycles. The molecule has 0 radical (unpaired) electrons. The Morgan fingerprint density at radius 2 is 1.79 bits per heavy atom. The number of benzene rings is 1. The van der Waals surface area contributed by atoms with E-state index >= 15 is 0 Å². The Kier molecular flexibility index (Phi) is 4.82. The molecule has 0 heterocycles. The average Bonchev–Trinajstić information content (AvgIpc) is 2.31. The molecule has 2 nitrogen and oxygen atoms in total. The minimum atomic E-state index is -1.15. The Hall–Kier alpha value is -0.643. The van der Waals surface area contributed by atoms with Crippen LogP contribution in [-0.2, 0) is 11.3 Å². The summed E-state index contributed by atoms with van der Waals surface area (Å²) in [6.07, 6.45) is 2.83. The van der Waals surface area contributed by atoms with Gasteiger partial charge in [-0.05, 0) is 25.3 Å². The van der Waals surface area contributed by atoms with E-state index in [1.807, 2.05) is 0 Å². The van der Waals surface area contributed by atoms with Crippen LogP contribution in [0.25, 0.3) is 0 Å². The molecule has 0 saturated heterocycles. The molecule has 0 atom stereocenters. The van der Waals surface area contributed by atoms with Crippen molar-refractivity contribution >= 4 is 13.3 Å². The van der Waals surface area contributed by atoms with Gasteiger partial charge in [-0.3, -0.25) is 0 Å². The number of nitrogens with one attached hydrogen (secondary N) is 1. The summed E-state index contributed by atoms with van der Waals surface area (Å²) < 4.78 is 5.58. The zero-order valence-electron chi connectivity index (χ0n) is 12.7. The van der Waals surface area contributed by atoms with Gasteiger partial charge >= 0.3 is 0 Å². The molecule has 1 aliphatic rings. The van der Waals surface area contributed by atoms with E-state index in [0.29, 0.717) is 12.1 Å². The molecule has 106 valence electrons. The molecular formula is C16H27NOSi. The first-order valence-corrected chi connectivity index (χ1v) is 10.9. The molecule has 0 aliphatic heterocycles. The monoisotopic (exact) mass is 277 g/mol. The Bertz CT molecular complexity index is 390. The third-order valence-corrected chi connectivity index (χ3v) is 5.98.